The Labute approximate surface area is 140 Å². The molecule has 0 amide bonds. The van der Waals surface area contributed by atoms with Gasteiger partial charge in [-0.1, -0.05) is 12.1 Å². The zero-order valence-corrected chi connectivity index (χ0v) is 13.7. The fourth-order valence-electron chi connectivity index (χ4n) is 2.39. The minimum absolute atomic E-state index is 0.0989. The van der Waals surface area contributed by atoms with Crippen LogP contribution in [0.1, 0.15) is 11.3 Å². The molecule has 0 bridgehead atoms. The molecule has 24 heavy (non-hydrogen) atoms. The van der Waals surface area contributed by atoms with Crippen LogP contribution >= 0.6 is 11.3 Å². The summed E-state index contributed by atoms with van der Waals surface area (Å²) in [6, 6.07) is 8.02. The summed E-state index contributed by atoms with van der Waals surface area (Å²) in [6.45, 7) is -1.71. The molecule has 0 saturated carbocycles. The summed E-state index contributed by atoms with van der Waals surface area (Å²) < 4.78 is 30.1. The second-order valence-corrected chi connectivity index (χ2v) is 6.21. The van der Waals surface area contributed by atoms with Crippen LogP contribution in [0.3, 0.4) is 0 Å². The topological polar surface area (TPSA) is 46.8 Å². The Morgan fingerprint density at radius 3 is 2.75 bits per heavy atom. The van der Waals surface area contributed by atoms with Crippen LogP contribution in [0.15, 0.2) is 46.7 Å². The molecular formula is C16H15F2N3O2S. The average Bonchev–Trinajstić information content (AvgIpc) is 2.97. The van der Waals surface area contributed by atoms with Crippen LogP contribution in [-0.2, 0) is 13.1 Å². The third kappa shape index (κ3) is 3.95. The molecular weight excluding hydrogens is 336 g/mol. The molecule has 0 aliphatic carbocycles. The van der Waals surface area contributed by atoms with Crippen LogP contribution in [0.5, 0.6) is 5.75 Å². The second-order valence-electron chi connectivity index (χ2n) is 5.34. The van der Waals surface area contributed by atoms with Crippen LogP contribution in [0, 0.1) is 0 Å². The standard InChI is InChI=1S/C16H15F2N3O2S/c1-20(9-11-2-4-13(5-3-11)23-15(17)18)10-12-8-14(22)21-6-7-24-16(21)19-12/h2-8,15H,9-10H2,1H3. The molecule has 3 rings (SSSR count). The number of hydrogen-bond donors (Lipinski definition) is 0. The maximum absolute atomic E-state index is 12.1. The molecule has 5 nitrogen and oxygen atoms in total. The van der Waals surface area contributed by atoms with Crippen molar-refractivity contribution in [3.63, 3.8) is 0 Å². The fraction of sp³-hybridized carbons (Fsp3) is 0.250. The van der Waals surface area contributed by atoms with E-state index in [9.17, 15) is 13.6 Å². The number of nitrogens with zero attached hydrogens (tertiary/aromatic N) is 3. The summed E-state index contributed by atoms with van der Waals surface area (Å²) in [5.74, 6) is 0.134. The molecule has 126 valence electrons. The molecule has 0 saturated heterocycles. The Bertz CT molecular complexity index is 877. The highest BCUT2D eigenvalue weighted by atomic mass is 32.1. The van der Waals surface area contributed by atoms with Gasteiger partial charge in [-0.15, -0.1) is 11.3 Å². The first-order chi connectivity index (χ1) is 11.5. The number of benzene rings is 1. The quantitative estimate of drug-likeness (QED) is 0.685. The van der Waals surface area contributed by atoms with Crippen molar-refractivity contribution >= 4 is 16.3 Å². The van der Waals surface area contributed by atoms with Gasteiger partial charge in [0.1, 0.15) is 5.75 Å². The van der Waals surface area contributed by atoms with Crippen molar-refractivity contribution in [2.45, 2.75) is 19.7 Å². The SMILES string of the molecule is CN(Cc1ccc(OC(F)F)cc1)Cc1cc(=O)n2ccsc2n1. The maximum Gasteiger partial charge on any atom is 0.387 e. The van der Waals surface area contributed by atoms with E-state index in [2.05, 4.69) is 9.72 Å². The van der Waals surface area contributed by atoms with E-state index < -0.39 is 6.61 Å². The van der Waals surface area contributed by atoms with Crippen molar-refractivity contribution in [2.75, 3.05) is 7.05 Å². The molecule has 0 unspecified atom stereocenters. The number of thiazole rings is 1. The van der Waals surface area contributed by atoms with Crippen LogP contribution in [0.4, 0.5) is 8.78 Å². The Balaban J connectivity index is 1.66. The lowest BCUT2D eigenvalue weighted by Gasteiger charge is -2.16. The molecule has 8 heteroatoms. The molecule has 1 aromatic carbocycles. The minimum atomic E-state index is -2.82. The second kappa shape index (κ2) is 7.06. The van der Waals surface area contributed by atoms with Gasteiger partial charge in [-0.2, -0.15) is 8.78 Å². The minimum Gasteiger partial charge on any atom is -0.435 e. The lowest BCUT2D eigenvalue weighted by Crippen LogP contribution is -2.21. The van der Waals surface area contributed by atoms with Gasteiger partial charge in [-0.05, 0) is 24.7 Å². The van der Waals surface area contributed by atoms with Gasteiger partial charge in [0.25, 0.3) is 5.56 Å². The Kier molecular flexibility index (Phi) is 4.86. The summed E-state index contributed by atoms with van der Waals surface area (Å²) in [5, 5.41) is 1.82. The Morgan fingerprint density at radius 1 is 1.29 bits per heavy atom. The van der Waals surface area contributed by atoms with Crippen LogP contribution < -0.4 is 10.3 Å². The van der Waals surface area contributed by atoms with Crippen molar-refractivity contribution < 1.29 is 13.5 Å². The normalized spacial score (nSPS) is 11.5. The van der Waals surface area contributed by atoms with Crippen molar-refractivity contribution in [1.82, 2.24) is 14.3 Å². The summed E-state index contributed by atoms with van der Waals surface area (Å²) >= 11 is 1.41. The van der Waals surface area contributed by atoms with E-state index in [0.717, 1.165) is 5.56 Å². The number of fused-ring (bicyclic) bond motifs is 1. The van der Waals surface area contributed by atoms with Crippen molar-refractivity contribution in [2.24, 2.45) is 0 Å². The van der Waals surface area contributed by atoms with Crippen molar-refractivity contribution in [1.29, 1.82) is 0 Å². The van der Waals surface area contributed by atoms with E-state index in [1.807, 2.05) is 17.3 Å². The number of alkyl halides is 2. The third-order valence-corrected chi connectivity index (χ3v) is 4.15. The first-order valence-electron chi connectivity index (χ1n) is 7.19. The van der Waals surface area contributed by atoms with E-state index in [-0.39, 0.29) is 11.3 Å². The third-order valence-electron chi connectivity index (χ3n) is 3.39. The lowest BCUT2D eigenvalue weighted by atomic mass is 10.2. The van der Waals surface area contributed by atoms with Crippen LogP contribution in [-0.4, -0.2) is 27.9 Å². The molecule has 2 heterocycles. The zero-order chi connectivity index (χ0) is 17.1. The highest BCUT2D eigenvalue weighted by Crippen LogP contribution is 2.16. The van der Waals surface area contributed by atoms with Crippen LogP contribution in [0.2, 0.25) is 0 Å². The maximum atomic E-state index is 12.1. The first kappa shape index (κ1) is 16.5. The number of rotatable bonds is 6. The smallest absolute Gasteiger partial charge is 0.387 e. The monoisotopic (exact) mass is 351 g/mol. The van der Waals surface area contributed by atoms with Crippen molar-refractivity contribution in [3.05, 3.63) is 63.5 Å². The first-order valence-corrected chi connectivity index (χ1v) is 8.07. The van der Waals surface area contributed by atoms with Gasteiger partial charge in [0, 0.05) is 30.7 Å². The fourth-order valence-corrected chi connectivity index (χ4v) is 3.13. The molecule has 0 aliphatic rings. The van der Waals surface area contributed by atoms with Gasteiger partial charge in [0.05, 0.1) is 5.69 Å². The number of hydrogen-bond acceptors (Lipinski definition) is 5. The molecule has 3 aromatic rings. The van der Waals surface area contributed by atoms with Gasteiger partial charge >= 0.3 is 6.61 Å². The molecule has 0 atom stereocenters. The van der Waals surface area contributed by atoms with Crippen molar-refractivity contribution in [3.8, 4) is 5.75 Å². The highest BCUT2D eigenvalue weighted by molar-refractivity contribution is 7.15. The Hall–Kier alpha value is -2.32. The summed E-state index contributed by atoms with van der Waals surface area (Å²) in [5.41, 5.74) is 1.55. The van der Waals surface area contributed by atoms with E-state index in [1.165, 1.54) is 33.9 Å². The van der Waals surface area contributed by atoms with E-state index in [1.54, 1.807) is 18.3 Å². The lowest BCUT2D eigenvalue weighted by molar-refractivity contribution is -0.0498. The van der Waals surface area contributed by atoms with Gasteiger partial charge in [-0.3, -0.25) is 14.1 Å². The van der Waals surface area contributed by atoms with Gasteiger partial charge in [-0.25, -0.2) is 4.98 Å². The predicted molar refractivity (Wildman–Crippen MR) is 87.6 cm³/mol. The number of ether oxygens (including phenoxy) is 1. The highest BCUT2D eigenvalue weighted by Gasteiger charge is 2.08. The predicted octanol–water partition coefficient (Wildman–Crippen LogP) is 2.99. The van der Waals surface area contributed by atoms with E-state index in [0.29, 0.717) is 23.7 Å². The van der Waals surface area contributed by atoms with Crippen LogP contribution in [0.25, 0.3) is 4.96 Å². The molecule has 0 N–H and O–H groups in total. The number of aromatic nitrogens is 2. The summed E-state index contributed by atoms with van der Waals surface area (Å²) in [7, 11) is 1.90. The van der Waals surface area contributed by atoms with E-state index >= 15 is 0 Å². The molecule has 2 aromatic heterocycles. The Morgan fingerprint density at radius 2 is 2.04 bits per heavy atom. The van der Waals surface area contributed by atoms with Gasteiger partial charge in [0.2, 0.25) is 0 Å². The molecule has 0 fully saturated rings. The summed E-state index contributed by atoms with van der Waals surface area (Å²) in [6.07, 6.45) is 1.70. The molecule has 0 aliphatic heterocycles. The number of halogens is 2. The van der Waals surface area contributed by atoms with Gasteiger partial charge in [0.15, 0.2) is 4.96 Å². The molecule has 0 spiro atoms. The largest absolute Gasteiger partial charge is 0.435 e. The summed E-state index contributed by atoms with van der Waals surface area (Å²) in [4.78, 5) is 19.1. The zero-order valence-electron chi connectivity index (χ0n) is 12.9. The van der Waals surface area contributed by atoms with E-state index in [4.69, 9.17) is 0 Å². The van der Waals surface area contributed by atoms with Gasteiger partial charge < -0.3 is 4.74 Å². The molecule has 0 radical (unpaired) electrons. The average molecular weight is 351 g/mol.